The van der Waals surface area contributed by atoms with Gasteiger partial charge in [0.2, 0.25) is 67.3 Å². The van der Waals surface area contributed by atoms with E-state index in [9.17, 15) is 79.8 Å². The van der Waals surface area contributed by atoms with E-state index in [-0.39, 0.29) is 163 Å². The second-order valence-corrected chi connectivity index (χ2v) is 31.0. The number of benzene rings is 4. The zero-order chi connectivity index (χ0) is 79.5. The smallest absolute Gasteiger partial charge is 0.326 e. The Balaban J connectivity index is 0.792. The van der Waals surface area contributed by atoms with Crippen LogP contribution in [0, 0.1) is 12.8 Å². The highest BCUT2D eigenvalue weighted by Crippen LogP contribution is 2.30. The third-order valence-electron chi connectivity index (χ3n) is 18.2. The van der Waals surface area contributed by atoms with Gasteiger partial charge in [0.1, 0.15) is 30.2 Å². The van der Waals surface area contributed by atoms with Crippen molar-refractivity contribution < 1.29 is 94.0 Å². The van der Waals surface area contributed by atoms with Gasteiger partial charge in [0, 0.05) is 88.9 Å². The maximum atomic E-state index is 14.1. The first kappa shape index (κ1) is 88.5. The van der Waals surface area contributed by atoms with Crippen LogP contribution >= 0.6 is 0 Å². The first-order valence-corrected chi connectivity index (χ1v) is 39.8. The molecule has 0 aliphatic carbocycles. The Morgan fingerprint density at radius 2 is 0.991 bits per heavy atom. The van der Waals surface area contributed by atoms with Crippen LogP contribution in [0.25, 0.3) is 0 Å². The highest BCUT2D eigenvalue weighted by Gasteiger charge is 2.47. The van der Waals surface area contributed by atoms with Gasteiger partial charge in [-0.1, -0.05) is 100 Å². The van der Waals surface area contributed by atoms with Crippen LogP contribution in [0.1, 0.15) is 128 Å². The summed E-state index contributed by atoms with van der Waals surface area (Å²) in [7, 11) is -7.00. The number of sulfonamides is 2. The van der Waals surface area contributed by atoms with Crippen LogP contribution in [-0.2, 0) is 88.6 Å². The van der Waals surface area contributed by atoms with Gasteiger partial charge in [-0.05, 0) is 124 Å². The van der Waals surface area contributed by atoms with Crippen molar-refractivity contribution in [3.05, 3.63) is 120 Å². The van der Waals surface area contributed by atoms with Crippen LogP contribution in [0.3, 0.4) is 0 Å². The monoisotopic (exact) mass is 1560 g/mol. The van der Waals surface area contributed by atoms with E-state index in [1.807, 2.05) is 39.0 Å². The minimum atomic E-state index is -4.34. The molecule has 4 aromatic carbocycles. The highest BCUT2D eigenvalue weighted by molar-refractivity contribution is 7.89. The fourth-order valence-corrected chi connectivity index (χ4v) is 15.5. The standard InChI is InChI=1S/C75H106N12O20S2/c1-6-59(73(96)97)82-71(94)63-47-55(49-86(63)108(101,102)57-22-11-7-12-23-57)79-67(90)27-15-9-19-36-76-65(88)34-39-105-41-43-107-44-42-106-40-35-66(89)77-37-20-10-16-28-68(91)80-56-48-64(87(50-56)109(103,104)58-24-13-8-14-25-58)72(95)83-61(74(98)99)33-38-78-70(93)62(45-51(2)3)85(5)69(92)46-53-29-31-54(32-30-53)81-75(100)84-60-26-18-17-21-52(60)4/h7-8,11-14,17-18,21-26,29-32,51,55-56,59,61-64H,6,9-10,15-16,19-20,27-28,33-50H2,1-5H3,(H,76,88)(H,77,89)(H,78,93)(H,79,90)(H,80,91)(H,82,94)(H,83,95)(H,96,97)(H,98,99)(H2,81,84,100)/t55-,56-,59+,61+,62+,63+,64+/m1/s1. The zero-order valence-electron chi connectivity index (χ0n) is 62.5. The molecule has 0 aromatic heterocycles. The Morgan fingerprint density at radius 1 is 0.532 bits per heavy atom. The number of unbranched alkanes of at least 4 members (excludes halogenated alkanes) is 4. The van der Waals surface area contributed by atoms with Gasteiger partial charge in [-0.3, -0.25) is 38.4 Å². The molecule has 2 heterocycles. The normalized spacial score (nSPS) is 16.7. The predicted molar refractivity (Wildman–Crippen MR) is 403 cm³/mol. The lowest BCUT2D eigenvalue weighted by Gasteiger charge is -2.29. The number of anilines is 2. The molecule has 0 radical (unpaired) electrons. The van der Waals surface area contributed by atoms with E-state index in [0.29, 0.717) is 68.6 Å². The van der Waals surface area contributed by atoms with Gasteiger partial charge in [-0.2, -0.15) is 8.61 Å². The number of carbonyl (C=O) groups is 11. The van der Waals surface area contributed by atoms with Gasteiger partial charge in [0.15, 0.2) is 0 Å². The molecule has 2 aliphatic heterocycles. The Labute approximate surface area is 637 Å². The predicted octanol–water partition coefficient (Wildman–Crippen LogP) is 4.19. The number of para-hydroxylation sites is 1. The van der Waals surface area contributed by atoms with Crippen molar-refractivity contribution in [2.24, 2.45) is 5.92 Å². The topological polar surface area (TPSA) is 442 Å². The molecule has 0 bridgehead atoms. The number of hydrogen-bond acceptors (Lipinski definition) is 18. The number of amides is 10. The number of ether oxygens (including phenoxy) is 3. The van der Waals surface area contributed by atoms with Crippen molar-refractivity contribution in [2.75, 3.05) is 90.0 Å². The summed E-state index contributed by atoms with van der Waals surface area (Å²) < 4.78 is 73.7. The van der Waals surface area contributed by atoms with Gasteiger partial charge >= 0.3 is 18.0 Å². The molecule has 4 aromatic rings. The Bertz CT molecular complexity index is 3900. The maximum Gasteiger partial charge on any atom is 0.326 e. The van der Waals surface area contributed by atoms with Gasteiger partial charge in [-0.15, -0.1) is 0 Å². The molecule has 6 rings (SSSR count). The lowest BCUT2D eigenvalue weighted by molar-refractivity contribution is -0.142. The summed E-state index contributed by atoms with van der Waals surface area (Å²) in [5.74, 6) is -6.50. The lowest BCUT2D eigenvalue weighted by atomic mass is 10.0. The number of hydrogen-bond donors (Lipinski definition) is 11. The van der Waals surface area contributed by atoms with E-state index in [1.165, 1.54) is 48.3 Å². The summed E-state index contributed by atoms with van der Waals surface area (Å²) in [6.07, 6.45) is 3.49. The maximum absolute atomic E-state index is 14.1. The average molecular weight is 1560 g/mol. The van der Waals surface area contributed by atoms with E-state index in [0.717, 1.165) is 14.2 Å². The third-order valence-corrected chi connectivity index (χ3v) is 22.0. The molecule has 7 atom stereocenters. The van der Waals surface area contributed by atoms with Gasteiger partial charge in [0.05, 0.1) is 55.9 Å². The molecule has 598 valence electrons. The van der Waals surface area contributed by atoms with Crippen molar-refractivity contribution in [1.29, 1.82) is 0 Å². The summed E-state index contributed by atoms with van der Waals surface area (Å²) in [5.41, 5.74) is 2.67. The first-order chi connectivity index (χ1) is 52.1. The molecule has 2 saturated heterocycles. The fourth-order valence-electron chi connectivity index (χ4n) is 12.2. The molecule has 109 heavy (non-hydrogen) atoms. The number of carboxylic acid groups (broad SMARTS) is 2. The molecule has 0 unspecified atom stereocenters. The van der Waals surface area contributed by atoms with Crippen molar-refractivity contribution in [3.63, 3.8) is 0 Å². The van der Waals surface area contributed by atoms with E-state index in [4.69, 9.17) is 14.2 Å². The van der Waals surface area contributed by atoms with Crippen molar-refractivity contribution in [3.8, 4) is 0 Å². The zero-order valence-corrected chi connectivity index (χ0v) is 64.1. The second kappa shape index (κ2) is 45.5. The largest absolute Gasteiger partial charge is 0.480 e. The van der Waals surface area contributed by atoms with Crippen molar-refractivity contribution in [2.45, 2.75) is 183 Å². The minimum Gasteiger partial charge on any atom is -0.480 e. The van der Waals surface area contributed by atoms with Crippen LogP contribution in [-0.4, -0.2) is 227 Å². The van der Waals surface area contributed by atoms with E-state index >= 15 is 0 Å². The lowest BCUT2D eigenvalue weighted by Crippen LogP contribution is -2.52. The Kier molecular flexibility index (Phi) is 36.9. The Hall–Kier alpha value is -9.45. The van der Waals surface area contributed by atoms with Gasteiger partial charge < -0.3 is 77.2 Å². The van der Waals surface area contributed by atoms with E-state index < -0.39 is 104 Å². The van der Waals surface area contributed by atoms with Gasteiger partial charge in [0.25, 0.3) is 0 Å². The summed E-state index contributed by atoms with van der Waals surface area (Å²) in [6, 6.07) is 20.6. The number of aliphatic carboxylic acids is 2. The molecule has 10 amide bonds. The summed E-state index contributed by atoms with van der Waals surface area (Å²) >= 11 is 0. The van der Waals surface area contributed by atoms with E-state index in [2.05, 4.69) is 47.9 Å². The number of nitrogens with one attached hydrogen (secondary N) is 9. The first-order valence-electron chi connectivity index (χ1n) is 36.9. The van der Waals surface area contributed by atoms with Crippen LogP contribution in [0.5, 0.6) is 0 Å². The van der Waals surface area contributed by atoms with E-state index in [1.54, 1.807) is 61.5 Å². The number of carboxylic acids is 2. The number of urea groups is 1. The number of carbonyl (C=O) groups excluding carboxylic acids is 9. The quantitative estimate of drug-likeness (QED) is 0.0276. The van der Waals surface area contributed by atoms with Crippen LogP contribution in [0.15, 0.2) is 119 Å². The SMILES string of the molecule is CC[C@H](NC(=O)[C@@H]1C[C@@H](NC(=O)CCCCCNC(=O)CCOCCOCCOCCC(=O)NCCCCCC(=O)N[C@@H]2C[C@@H](C(=O)N[C@@H](CCNC(=O)[C@H](CC(C)C)N(C)C(=O)Cc3ccc(NC(=O)Nc4ccccc4C)cc3)C(=O)O)N(S(=O)(=O)c3ccccc3)C2)CN1S(=O)(=O)c1ccccc1)C(=O)O. The molecule has 0 saturated carbocycles. The van der Waals surface area contributed by atoms with Crippen molar-refractivity contribution >= 4 is 96.6 Å². The van der Waals surface area contributed by atoms with Gasteiger partial charge in [-0.25, -0.2) is 31.2 Å². The molecule has 2 aliphatic rings. The second-order valence-electron chi connectivity index (χ2n) is 27.2. The summed E-state index contributed by atoms with van der Waals surface area (Å²) in [5, 5.41) is 44.2. The average Bonchev–Trinajstić information content (AvgIpc) is 1.71. The molecular weight excluding hydrogens is 1450 g/mol. The molecule has 32 nitrogen and oxygen atoms in total. The van der Waals surface area contributed by atoms with Crippen LogP contribution in [0.2, 0.25) is 0 Å². The minimum absolute atomic E-state index is 0.0348. The number of nitrogens with zero attached hydrogens (tertiary/aromatic N) is 3. The fraction of sp³-hybridized carbons (Fsp3) is 0.533. The van der Waals surface area contributed by atoms with Crippen LogP contribution in [0.4, 0.5) is 16.2 Å². The highest BCUT2D eigenvalue weighted by atomic mass is 32.2. The summed E-state index contributed by atoms with van der Waals surface area (Å²) in [6.45, 7) is 8.56. The molecule has 11 N–H and O–H groups in total. The third kappa shape index (κ3) is 29.8. The van der Waals surface area contributed by atoms with Crippen molar-refractivity contribution in [1.82, 2.24) is 50.7 Å². The molecule has 0 spiro atoms. The molecule has 34 heteroatoms. The number of aryl methyl sites for hydroxylation is 1. The number of likely N-dealkylation sites (N-methyl/N-ethyl adjacent to an activating group) is 1. The molecular formula is C75H106N12O20S2. The molecule has 2 fully saturated rings. The van der Waals surface area contributed by atoms with Crippen LogP contribution < -0.4 is 47.9 Å². The Morgan fingerprint density at radius 3 is 1.45 bits per heavy atom. The number of rotatable bonds is 48. The summed E-state index contributed by atoms with van der Waals surface area (Å²) in [4.78, 5) is 144.